The lowest BCUT2D eigenvalue weighted by molar-refractivity contribution is -0.292. The summed E-state index contributed by atoms with van der Waals surface area (Å²) in [4.78, 5) is 0. The average molecular weight is 397 g/mol. The fourth-order valence-corrected chi connectivity index (χ4v) is 4.08. The van der Waals surface area contributed by atoms with Gasteiger partial charge in [-0.3, -0.25) is 0 Å². The van der Waals surface area contributed by atoms with Crippen LogP contribution in [0.4, 0.5) is 22.0 Å². The lowest BCUT2D eigenvalue weighted by Crippen LogP contribution is -2.49. The summed E-state index contributed by atoms with van der Waals surface area (Å²) in [6.45, 7) is 1.09. The van der Waals surface area contributed by atoms with Crippen LogP contribution in [-0.2, 0) is 17.1 Å². The van der Waals surface area contributed by atoms with Gasteiger partial charge in [0.15, 0.2) is 5.60 Å². The first-order chi connectivity index (χ1) is 12.8. The van der Waals surface area contributed by atoms with E-state index in [1.54, 1.807) is 6.07 Å². The van der Waals surface area contributed by atoms with Gasteiger partial charge in [-0.25, -0.2) is 4.39 Å². The summed E-state index contributed by atoms with van der Waals surface area (Å²) in [7, 11) is 0. The van der Waals surface area contributed by atoms with E-state index in [2.05, 4.69) is 0 Å². The number of ether oxygens (including phenoxy) is 1. The predicted molar refractivity (Wildman–Crippen MR) is 84.6 cm³/mol. The zero-order valence-corrected chi connectivity index (χ0v) is 14.2. The molecule has 0 saturated carbocycles. The smallest absolute Gasteiger partial charge is 0.346 e. The number of rotatable bonds is 2. The summed E-state index contributed by atoms with van der Waals surface area (Å²) >= 11 is 0. The molecule has 2 aliphatic carbocycles. The molecular formula is C19H12F5NO3. The molecule has 0 bridgehead atoms. The molecule has 2 unspecified atom stereocenters. The summed E-state index contributed by atoms with van der Waals surface area (Å²) < 4.78 is 76.4. The van der Waals surface area contributed by atoms with Crippen molar-refractivity contribution in [2.24, 2.45) is 0 Å². The number of nitrogens with zero attached hydrogens (tertiary/aromatic N) is 1. The molecule has 28 heavy (non-hydrogen) atoms. The monoisotopic (exact) mass is 397 g/mol. The van der Waals surface area contributed by atoms with Gasteiger partial charge in [-0.15, -0.1) is 0 Å². The van der Waals surface area contributed by atoms with Crippen molar-refractivity contribution in [2.45, 2.75) is 36.4 Å². The van der Waals surface area contributed by atoms with E-state index in [1.165, 1.54) is 0 Å². The molecule has 0 aliphatic heterocycles. The second kappa shape index (κ2) is 5.21. The second-order valence-corrected chi connectivity index (χ2v) is 7.21. The Morgan fingerprint density at radius 2 is 1.75 bits per heavy atom. The van der Waals surface area contributed by atoms with Crippen molar-refractivity contribution in [1.29, 1.82) is 5.26 Å². The van der Waals surface area contributed by atoms with E-state index in [9.17, 15) is 32.2 Å². The lowest BCUT2D eigenvalue weighted by atomic mass is 9.90. The second-order valence-electron chi connectivity index (χ2n) is 7.21. The Bertz CT molecular complexity index is 1060. The largest absolute Gasteiger partial charge is 0.457 e. The molecule has 2 aromatic rings. The van der Waals surface area contributed by atoms with Gasteiger partial charge in [0.25, 0.3) is 0 Å². The highest BCUT2D eigenvalue weighted by Gasteiger charge is 2.80. The van der Waals surface area contributed by atoms with Crippen LogP contribution in [0.3, 0.4) is 0 Å². The van der Waals surface area contributed by atoms with Gasteiger partial charge in [-0.1, -0.05) is 0 Å². The zero-order chi connectivity index (χ0) is 20.7. The van der Waals surface area contributed by atoms with Crippen LogP contribution in [0.5, 0.6) is 11.5 Å². The molecule has 2 atom stereocenters. The first kappa shape index (κ1) is 18.7. The van der Waals surface area contributed by atoms with Crippen LogP contribution in [0.15, 0.2) is 30.3 Å². The minimum Gasteiger partial charge on any atom is -0.457 e. The Balaban J connectivity index is 1.93. The molecule has 0 aromatic heterocycles. The molecule has 4 nitrogen and oxygen atoms in total. The van der Waals surface area contributed by atoms with E-state index in [-0.39, 0.29) is 17.1 Å². The van der Waals surface area contributed by atoms with Gasteiger partial charge in [0.2, 0.25) is 0 Å². The summed E-state index contributed by atoms with van der Waals surface area (Å²) in [5, 5.41) is 30.0. The Morgan fingerprint density at radius 1 is 1.07 bits per heavy atom. The van der Waals surface area contributed by atoms with Crippen LogP contribution in [0, 0.1) is 17.1 Å². The van der Waals surface area contributed by atoms with Gasteiger partial charge in [0.05, 0.1) is 17.2 Å². The van der Waals surface area contributed by atoms with Crippen LogP contribution in [0.2, 0.25) is 0 Å². The van der Waals surface area contributed by atoms with E-state index >= 15 is 0 Å². The molecule has 0 heterocycles. The standard InChI is InChI=1S/C19H12F5NO3/c1-16(26)8-17(27)14-12(18(21,22)19(17,23)24)2-3-13(15(14)16)28-11-5-9(7-25)4-10(20)6-11/h2-6,26-27H,8H2,1H3. The Labute approximate surface area is 155 Å². The van der Waals surface area contributed by atoms with E-state index in [4.69, 9.17) is 10.00 Å². The average Bonchev–Trinajstić information content (AvgIpc) is 2.87. The number of hydrogen-bond acceptors (Lipinski definition) is 4. The molecule has 0 spiro atoms. The molecule has 2 N–H and O–H groups in total. The summed E-state index contributed by atoms with van der Waals surface area (Å²) in [5.41, 5.74) is -7.80. The van der Waals surface area contributed by atoms with E-state index in [0.717, 1.165) is 31.2 Å². The Hall–Kier alpha value is -2.70. The molecule has 2 aliphatic rings. The van der Waals surface area contributed by atoms with Crippen molar-refractivity contribution in [3.05, 3.63) is 58.4 Å². The number of aliphatic hydroxyl groups is 2. The van der Waals surface area contributed by atoms with Crippen LogP contribution in [0.1, 0.15) is 35.6 Å². The van der Waals surface area contributed by atoms with Gasteiger partial charge in [-0.2, -0.15) is 22.8 Å². The van der Waals surface area contributed by atoms with Gasteiger partial charge >= 0.3 is 11.8 Å². The van der Waals surface area contributed by atoms with Crippen LogP contribution in [-0.4, -0.2) is 16.1 Å². The van der Waals surface area contributed by atoms with Crippen LogP contribution in [0.25, 0.3) is 0 Å². The SMILES string of the molecule is CC1(O)CC2(O)c3c(ccc(Oc4cc(F)cc(C#N)c4)c31)C(F)(F)C2(F)F. The van der Waals surface area contributed by atoms with Crippen molar-refractivity contribution in [2.75, 3.05) is 0 Å². The van der Waals surface area contributed by atoms with Gasteiger partial charge < -0.3 is 14.9 Å². The normalized spacial score (nSPS) is 28.7. The van der Waals surface area contributed by atoms with E-state index in [1.807, 2.05) is 0 Å². The van der Waals surface area contributed by atoms with E-state index in [0.29, 0.717) is 6.07 Å². The lowest BCUT2D eigenvalue weighted by Gasteiger charge is -2.32. The fraction of sp³-hybridized carbons (Fsp3) is 0.316. The molecule has 9 heteroatoms. The summed E-state index contributed by atoms with van der Waals surface area (Å²) in [5.74, 6) is -10.8. The minimum atomic E-state index is -4.84. The van der Waals surface area contributed by atoms with Crippen molar-refractivity contribution < 1.29 is 36.9 Å². The maximum Gasteiger partial charge on any atom is 0.346 e. The quantitative estimate of drug-likeness (QED) is 0.751. The van der Waals surface area contributed by atoms with Gasteiger partial charge in [-0.05, 0) is 31.2 Å². The first-order valence-corrected chi connectivity index (χ1v) is 8.12. The fourth-order valence-electron chi connectivity index (χ4n) is 4.08. The van der Waals surface area contributed by atoms with Crippen molar-refractivity contribution in [3.63, 3.8) is 0 Å². The number of hydrogen-bond donors (Lipinski definition) is 2. The van der Waals surface area contributed by atoms with Gasteiger partial charge in [0, 0.05) is 29.2 Å². The topological polar surface area (TPSA) is 73.5 Å². The van der Waals surface area contributed by atoms with Crippen molar-refractivity contribution >= 4 is 0 Å². The van der Waals surface area contributed by atoms with Crippen LogP contribution < -0.4 is 4.74 Å². The molecule has 146 valence electrons. The summed E-state index contributed by atoms with van der Waals surface area (Å²) in [6, 6.07) is 6.33. The van der Waals surface area contributed by atoms with Crippen molar-refractivity contribution in [1.82, 2.24) is 0 Å². The van der Waals surface area contributed by atoms with Crippen LogP contribution >= 0.6 is 0 Å². The van der Waals surface area contributed by atoms with E-state index < -0.39 is 52.0 Å². The molecule has 0 saturated heterocycles. The minimum absolute atomic E-state index is 0.0890. The first-order valence-electron chi connectivity index (χ1n) is 8.12. The van der Waals surface area contributed by atoms with Gasteiger partial charge in [0.1, 0.15) is 17.3 Å². The third kappa shape index (κ3) is 2.10. The summed E-state index contributed by atoms with van der Waals surface area (Å²) in [6.07, 6.45) is -1.07. The Kier molecular flexibility index (Phi) is 3.47. The molecule has 4 rings (SSSR count). The maximum absolute atomic E-state index is 14.4. The molecular weight excluding hydrogens is 385 g/mol. The molecule has 2 aromatic carbocycles. The highest BCUT2D eigenvalue weighted by Crippen LogP contribution is 2.69. The zero-order valence-electron chi connectivity index (χ0n) is 14.2. The number of alkyl halides is 4. The third-order valence-corrected chi connectivity index (χ3v) is 5.20. The highest BCUT2D eigenvalue weighted by molar-refractivity contribution is 5.62. The molecule has 0 radical (unpaired) electrons. The molecule has 0 amide bonds. The Morgan fingerprint density at radius 3 is 2.39 bits per heavy atom. The van der Waals surface area contributed by atoms with Crippen molar-refractivity contribution in [3.8, 4) is 17.6 Å². The highest BCUT2D eigenvalue weighted by atomic mass is 19.3. The predicted octanol–water partition coefficient (Wildman–Crippen LogP) is 4.03. The maximum atomic E-state index is 14.4. The molecule has 0 fully saturated rings. The number of nitriles is 1. The third-order valence-electron chi connectivity index (χ3n) is 5.20. The number of halogens is 5. The number of benzene rings is 2.